The molecule has 0 fully saturated rings. The Morgan fingerprint density at radius 2 is 1.86 bits per heavy atom. The number of halogens is 1. The lowest BCUT2D eigenvalue weighted by atomic mass is 10.1. The monoisotopic (exact) mass is 331 g/mol. The van der Waals surface area contributed by atoms with Crippen LogP contribution in [0.4, 0.5) is 10.1 Å². The predicted molar refractivity (Wildman–Crippen MR) is 79.9 cm³/mol. The van der Waals surface area contributed by atoms with Crippen LogP contribution < -0.4 is 5.32 Å². The molecule has 1 rings (SSSR count). The van der Waals surface area contributed by atoms with Gasteiger partial charge in [-0.1, -0.05) is 6.07 Å². The van der Waals surface area contributed by atoms with Gasteiger partial charge in [0.05, 0.1) is 11.2 Å². The molecular formula is C14H18FNO5S. The van der Waals surface area contributed by atoms with Gasteiger partial charge in [0.25, 0.3) is 0 Å². The van der Waals surface area contributed by atoms with Gasteiger partial charge in [-0.25, -0.2) is 12.8 Å². The van der Waals surface area contributed by atoms with E-state index in [1.54, 1.807) is 0 Å². The Kier molecular flexibility index (Phi) is 5.29. The zero-order chi connectivity index (χ0) is 17.1. The molecule has 0 aromatic heterocycles. The highest BCUT2D eigenvalue weighted by Crippen LogP contribution is 2.18. The van der Waals surface area contributed by atoms with Crippen LogP contribution in [0.5, 0.6) is 0 Å². The molecule has 0 atom stereocenters. The highest BCUT2D eigenvalue weighted by Gasteiger charge is 2.31. The lowest BCUT2D eigenvalue weighted by Crippen LogP contribution is -2.35. The number of benzene rings is 1. The van der Waals surface area contributed by atoms with Crippen molar-refractivity contribution in [3.8, 4) is 0 Å². The molecule has 22 heavy (non-hydrogen) atoms. The summed E-state index contributed by atoms with van der Waals surface area (Å²) in [5, 5.41) is 10.9. The minimum atomic E-state index is -3.63. The van der Waals surface area contributed by atoms with E-state index < -0.39 is 44.5 Å². The Morgan fingerprint density at radius 1 is 1.27 bits per heavy atom. The Bertz CT molecular complexity index is 692. The van der Waals surface area contributed by atoms with Gasteiger partial charge in [-0.2, -0.15) is 0 Å². The average molecular weight is 331 g/mol. The van der Waals surface area contributed by atoms with Crippen molar-refractivity contribution in [2.45, 2.75) is 31.9 Å². The van der Waals surface area contributed by atoms with Crippen LogP contribution in [0.3, 0.4) is 0 Å². The van der Waals surface area contributed by atoms with E-state index in [0.717, 1.165) is 6.07 Å². The van der Waals surface area contributed by atoms with Crippen LogP contribution in [-0.4, -0.2) is 35.9 Å². The van der Waals surface area contributed by atoms with Crippen molar-refractivity contribution in [3.63, 3.8) is 0 Å². The zero-order valence-electron chi connectivity index (χ0n) is 12.5. The maximum Gasteiger partial charge on any atom is 0.307 e. The summed E-state index contributed by atoms with van der Waals surface area (Å²) < 4.78 is 36.4. The summed E-state index contributed by atoms with van der Waals surface area (Å²) in [6.45, 7) is 4.45. The number of amides is 1. The van der Waals surface area contributed by atoms with Gasteiger partial charge in [0.15, 0.2) is 9.84 Å². The largest absolute Gasteiger partial charge is 0.481 e. The summed E-state index contributed by atoms with van der Waals surface area (Å²) in [5.41, 5.74) is 0.0496. The summed E-state index contributed by atoms with van der Waals surface area (Å²) in [7, 11) is -3.63. The number of hydrogen-bond acceptors (Lipinski definition) is 4. The van der Waals surface area contributed by atoms with Gasteiger partial charge in [-0.3, -0.25) is 9.59 Å². The second-order valence-electron chi connectivity index (χ2n) is 5.80. The predicted octanol–water partition coefficient (Wildman–Crippen LogP) is 1.60. The molecule has 0 heterocycles. The van der Waals surface area contributed by atoms with E-state index >= 15 is 0 Å². The summed E-state index contributed by atoms with van der Waals surface area (Å²) in [5.74, 6) is -3.44. The Labute approximate surface area is 128 Å². The lowest BCUT2D eigenvalue weighted by Gasteiger charge is -2.18. The topological polar surface area (TPSA) is 101 Å². The maximum atomic E-state index is 13.7. The number of anilines is 1. The molecule has 0 aliphatic carbocycles. The second kappa shape index (κ2) is 6.43. The number of carboxylic acid groups (broad SMARTS) is 1. The van der Waals surface area contributed by atoms with Crippen LogP contribution in [-0.2, 0) is 25.8 Å². The lowest BCUT2D eigenvalue weighted by molar-refractivity contribution is -0.136. The van der Waals surface area contributed by atoms with Gasteiger partial charge in [0.2, 0.25) is 5.91 Å². The first kappa shape index (κ1) is 18.1. The number of carboxylic acids is 1. The van der Waals surface area contributed by atoms with Crippen LogP contribution in [0.1, 0.15) is 26.3 Å². The van der Waals surface area contributed by atoms with E-state index in [9.17, 15) is 22.4 Å². The van der Waals surface area contributed by atoms with E-state index in [2.05, 4.69) is 5.32 Å². The first-order chi connectivity index (χ1) is 9.92. The van der Waals surface area contributed by atoms with Crippen molar-refractivity contribution in [1.82, 2.24) is 0 Å². The molecule has 0 spiro atoms. The fourth-order valence-electron chi connectivity index (χ4n) is 1.52. The molecule has 6 nitrogen and oxygen atoms in total. The van der Waals surface area contributed by atoms with Crippen molar-refractivity contribution < 1.29 is 27.5 Å². The van der Waals surface area contributed by atoms with Crippen molar-refractivity contribution in [3.05, 3.63) is 29.6 Å². The number of rotatable bonds is 5. The van der Waals surface area contributed by atoms with Gasteiger partial charge in [0, 0.05) is 5.69 Å². The summed E-state index contributed by atoms with van der Waals surface area (Å²) >= 11 is 0. The molecule has 8 heteroatoms. The SMILES string of the molecule is CC(C)(C)S(=O)(=O)CC(=O)Nc1ccc(CC(=O)O)c(F)c1. The van der Waals surface area contributed by atoms with Crippen molar-refractivity contribution in [1.29, 1.82) is 0 Å². The molecule has 0 unspecified atom stereocenters. The second-order valence-corrected chi connectivity index (χ2v) is 8.54. The average Bonchev–Trinajstić information content (AvgIpc) is 2.29. The van der Waals surface area contributed by atoms with E-state index in [1.807, 2.05) is 0 Å². The van der Waals surface area contributed by atoms with Crippen LogP contribution in [0, 0.1) is 5.82 Å². The third kappa shape index (κ3) is 4.80. The molecule has 1 aromatic rings. The first-order valence-corrected chi connectivity index (χ1v) is 8.10. The van der Waals surface area contributed by atoms with Crippen LogP contribution in [0.25, 0.3) is 0 Å². The summed E-state index contributed by atoms with van der Waals surface area (Å²) in [4.78, 5) is 22.3. The van der Waals surface area contributed by atoms with E-state index in [-0.39, 0.29) is 11.3 Å². The number of nitrogens with one attached hydrogen (secondary N) is 1. The molecule has 1 aromatic carbocycles. The Balaban J connectivity index is 2.82. The highest BCUT2D eigenvalue weighted by atomic mass is 32.2. The van der Waals surface area contributed by atoms with Crippen LogP contribution in [0.15, 0.2) is 18.2 Å². The maximum absolute atomic E-state index is 13.7. The molecule has 2 N–H and O–H groups in total. The quantitative estimate of drug-likeness (QED) is 0.853. The minimum Gasteiger partial charge on any atom is -0.481 e. The van der Waals surface area contributed by atoms with Gasteiger partial charge in [-0.05, 0) is 38.5 Å². The van der Waals surface area contributed by atoms with Gasteiger partial charge < -0.3 is 10.4 Å². The molecule has 122 valence electrons. The van der Waals surface area contributed by atoms with Gasteiger partial charge in [0.1, 0.15) is 11.6 Å². The van der Waals surface area contributed by atoms with E-state index in [4.69, 9.17) is 5.11 Å². The summed E-state index contributed by atoms with van der Waals surface area (Å²) in [6.07, 6.45) is -0.474. The fraction of sp³-hybridized carbons (Fsp3) is 0.429. The molecule has 1 amide bonds. The van der Waals surface area contributed by atoms with Crippen molar-refractivity contribution in [2.24, 2.45) is 0 Å². The van der Waals surface area contributed by atoms with Gasteiger partial charge in [-0.15, -0.1) is 0 Å². The van der Waals surface area contributed by atoms with Gasteiger partial charge >= 0.3 is 5.97 Å². The zero-order valence-corrected chi connectivity index (χ0v) is 13.3. The molecule has 0 aliphatic rings. The van der Waals surface area contributed by atoms with Crippen molar-refractivity contribution >= 4 is 27.4 Å². The molecule has 0 saturated heterocycles. The number of carbonyl (C=O) groups excluding carboxylic acids is 1. The highest BCUT2D eigenvalue weighted by molar-refractivity contribution is 7.93. The minimum absolute atomic E-state index is 0.0205. The Morgan fingerprint density at radius 3 is 2.32 bits per heavy atom. The standard InChI is InChI=1S/C14H18FNO5S/c1-14(2,3)22(20,21)8-12(17)16-10-5-4-9(6-13(18)19)11(15)7-10/h4-5,7H,6,8H2,1-3H3,(H,16,17)(H,18,19). The normalized spacial score (nSPS) is 12.0. The molecular weight excluding hydrogens is 313 g/mol. The molecule has 0 aliphatic heterocycles. The third-order valence-electron chi connectivity index (χ3n) is 2.93. The Hall–Kier alpha value is -1.96. The molecule has 0 bridgehead atoms. The molecule has 0 saturated carbocycles. The van der Waals surface area contributed by atoms with Crippen molar-refractivity contribution in [2.75, 3.05) is 11.1 Å². The number of aliphatic carboxylic acids is 1. The smallest absolute Gasteiger partial charge is 0.307 e. The van der Waals surface area contributed by atoms with E-state index in [1.165, 1.54) is 32.9 Å². The molecule has 0 radical (unpaired) electrons. The fourth-order valence-corrected chi connectivity index (χ4v) is 2.37. The van der Waals surface area contributed by atoms with Crippen LogP contribution >= 0.6 is 0 Å². The first-order valence-electron chi connectivity index (χ1n) is 6.45. The number of sulfone groups is 1. The summed E-state index contributed by atoms with van der Waals surface area (Å²) in [6, 6.07) is 3.51. The third-order valence-corrected chi connectivity index (χ3v) is 5.44. The van der Waals surface area contributed by atoms with E-state index in [0.29, 0.717) is 0 Å². The van der Waals surface area contributed by atoms with Crippen LogP contribution in [0.2, 0.25) is 0 Å². The number of carbonyl (C=O) groups is 2. The number of hydrogen-bond donors (Lipinski definition) is 2.